The van der Waals surface area contributed by atoms with Gasteiger partial charge in [0.15, 0.2) is 0 Å². The summed E-state index contributed by atoms with van der Waals surface area (Å²) < 4.78 is 31.4. The van der Waals surface area contributed by atoms with Crippen molar-refractivity contribution in [1.29, 1.82) is 0 Å². The van der Waals surface area contributed by atoms with Crippen molar-refractivity contribution in [2.24, 2.45) is 11.1 Å². The zero-order valence-corrected chi connectivity index (χ0v) is 15.8. The Balaban J connectivity index is 0.00000484. The molecule has 1 rings (SSSR count). The van der Waals surface area contributed by atoms with Crippen LogP contribution in [0.1, 0.15) is 29.8 Å². The van der Waals surface area contributed by atoms with Crippen molar-refractivity contribution in [2.45, 2.75) is 25.7 Å². The first-order valence-electron chi connectivity index (χ1n) is 6.90. The van der Waals surface area contributed by atoms with Gasteiger partial charge in [0.05, 0.1) is 17.6 Å². The molecule has 0 aromatic heterocycles. The van der Waals surface area contributed by atoms with Crippen LogP contribution in [-0.2, 0) is 14.8 Å². The van der Waals surface area contributed by atoms with Gasteiger partial charge in [-0.2, -0.15) is 0 Å². The second-order valence-corrected chi connectivity index (χ2v) is 8.11. The lowest BCUT2D eigenvalue weighted by molar-refractivity contribution is 0.0600. The van der Waals surface area contributed by atoms with Crippen LogP contribution in [-0.4, -0.2) is 45.9 Å². The molecule has 0 heterocycles. The molecule has 0 fully saturated rings. The predicted octanol–water partition coefficient (Wildman–Crippen LogP) is 1.81. The third kappa shape index (κ3) is 5.17. The van der Waals surface area contributed by atoms with E-state index in [4.69, 9.17) is 5.73 Å². The number of halogens is 1. The van der Waals surface area contributed by atoms with E-state index in [9.17, 15) is 13.2 Å². The van der Waals surface area contributed by atoms with Crippen LogP contribution in [0.3, 0.4) is 0 Å². The number of carbonyl (C=O) groups is 1. The number of ether oxygens (including phenoxy) is 1. The molecule has 132 valence electrons. The van der Waals surface area contributed by atoms with E-state index in [-0.39, 0.29) is 34.8 Å². The molecule has 0 radical (unpaired) electrons. The number of aryl methyl sites for hydroxylation is 1. The second kappa shape index (κ2) is 8.10. The highest BCUT2D eigenvalue weighted by atomic mass is 35.5. The summed E-state index contributed by atoms with van der Waals surface area (Å²) in [7, 11) is -0.940. The van der Waals surface area contributed by atoms with Crippen molar-refractivity contribution in [3.05, 3.63) is 29.3 Å². The van der Waals surface area contributed by atoms with Gasteiger partial charge in [0.1, 0.15) is 0 Å². The highest BCUT2D eigenvalue weighted by molar-refractivity contribution is 7.89. The Bertz CT molecular complexity index is 659. The van der Waals surface area contributed by atoms with Crippen molar-refractivity contribution in [3.8, 4) is 0 Å². The fraction of sp³-hybridized carbons (Fsp3) is 0.533. The summed E-state index contributed by atoms with van der Waals surface area (Å²) >= 11 is 0. The molecule has 1 aromatic carbocycles. The third-order valence-corrected chi connectivity index (χ3v) is 5.45. The van der Waals surface area contributed by atoms with Crippen molar-refractivity contribution in [1.82, 2.24) is 4.31 Å². The number of nitrogens with two attached hydrogens (primary N) is 1. The van der Waals surface area contributed by atoms with Crippen LogP contribution < -0.4 is 5.73 Å². The maximum absolute atomic E-state index is 12.7. The first-order valence-corrected chi connectivity index (χ1v) is 8.34. The minimum absolute atomic E-state index is 0. The van der Waals surface area contributed by atoms with Gasteiger partial charge >= 0.3 is 5.97 Å². The molecular weight excluding hydrogens is 340 g/mol. The van der Waals surface area contributed by atoms with Crippen molar-refractivity contribution < 1.29 is 17.9 Å². The lowest BCUT2D eigenvalue weighted by atomic mass is 9.94. The van der Waals surface area contributed by atoms with E-state index in [0.29, 0.717) is 12.1 Å². The molecule has 0 saturated heterocycles. The number of hydrogen-bond donors (Lipinski definition) is 1. The molecule has 0 aliphatic carbocycles. The number of rotatable bonds is 6. The normalized spacial score (nSPS) is 12.0. The standard InChI is InChI=1S/C15H24N2O4S.ClH/c1-11-6-7-12(14(18)21-5)8-13(11)22(19,20)17(4)10-15(2,3)9-16;/h6-8H,9-10,16H2,1-5H3;1H. The summed E-state index contributed by atoms with van der Waals surface area (Å²) in [5.41, 5.74) is 6.11. The van der Waals surface area contributed by atoms with Gasteiger partial charge in [-0.25, -0.2) is 17.5 Å². The molecule has 1 aromatic rings. The van der Waals surface area contributed by atoms with Gasteiger partial charge in [-0.1, -0.05) is 19.9 Å². The minimum Gasteiger partial charge on any atom is -0.465 e. The number of carbonyl (C=O) groups excluding carboxylic acids is 1. The summed E-state index contributed by atoms with van der Waals surface area (Å²) in [4.78, 5) is 11.7. The Hall–Kier alpha value is -1.15. The third-order valence-electron chi connectivity index (χ3n) is 3.50. The number of sulfonamides is 1. The summed E-state index contributed by atoms with van der Waals surface area (Å²) in [5, 5.41) is 0. The number of nitrogens with zero attached hydrogens (tertiary/aromatic N) is 1. The fourth-order valence-electron chi connectivity index (χ4n) is 2.04. The molecule has 0 amide bonds. The molecule has 2 N–H and O–H groups in total. The smallest absolute Gasteiger partial charge is 0.337 e. The monoisotopic (exact) mass is 364 g/mol. The average Bonchev–Trinajstić information content (AvgIpc) is 2.46. The summed E-state index contributed by atoms with van der Waals surface area (Å²) in [6.45, 7) is 6.14. The average molecular weight is 365 g/mol. The molecule has 23 heavy (non-hydrogen) atoms. The van der Waals surface area contributed by atoms with Crippen molar-refractivity contribution >= 4 is 28.4 Å². The molecule has 8 heteroatoms. The summed E-state index contributed by atoms with van der Waals surface area (Å²) in [6.07, 6.45) is 0. The second-order valence-electron chi connectivity index (χ2n) is 6.10. The van der Waals surface area contributed by atoms with E-state index >= 15 is 0 Å². The van der Waals surface area contributed by atoms with E-state index in [0.717, 1.165) is 0 Å². The Kier molecular flexibility index (Phi) is 7.69. The lowest BCUT2D eigenvalue weighted by Gasteiger charge is -2.28. The zero-order valence-electron chi connectivity index (χ0n) is 14.1. The Morgan fingerprint density at radius 3 is 2.39 bits per heavy atom. The van der Waals surface area contributed by atoms with Gasteiger partial charge in [0.2, 0.25) is 10.0 Å². The topological polar surface area (TPSA) is 89.7 Å². The molecule has 0 aliphatic heterocycles. The first kappa shape index (κ1) is 21.9. The van der Waals surface area contributed by atoms with Gasteiger partial charge < -0.3 is 10.5 Å². The maximum Gasteiger partial charge on any atom is 0.337 e. The van der Waals surface area contributed by atoms with Gasteiger partial charge in [0.25, 0.3) is 0 Å². The van der Waals surface area contributed by atoms with Crippen molar-refractivity contribution in [3.63, 3.8) is 0 Å². The summed E-state index contributed by atoms with van der Waals surface area (Å²) in [5.74, 6) is -0.568. The highest BCUT2D eigenvalue weighted by Gasteiger charge is 2.29. The van der Waals surface area contributed by atoms with Crippen LogP contribution in [0.2, 0.25) is 0 Å². The molecular formula is C15H25ClN2O4S. The van der Waals surface area contributed by atoms with Gasteiger partial charge in [0, 0.05) is 13.6 Å². The van der Waals surface area contributed by atoms with Crippen LogP contribution in [0.4, 0.5) is 0 Å². The van der Waals surface area contributed by atoms with Crippen LogP contribution >= 0.6 is 12.4 Å². The number of benzene rings is 1. The van der Waals surface area contributed by atoms with Crippen LogP contribution in [0.5, 0.6) is 0 Å². The van der Waals surface area contributed by atoms with Crippen LogP contribution in [0.15, 0.2) is 23.1 Å². The van der Waals surface area contributed by atoms with Gasteiger partial charge in [-0.15, -0.1) is 12.4 Å². The van der Waals surface area contributed by atoms with Gasteiger partial charge in [-0.3, -0.25) is 0 Å². The van der Waals surface area contributed by atoms with Crippen LogP contribution in [0, 0.1) is 12.3 Å². The molecule has 0 saturated carbocycles. The molecule has 0 unspecified atom stereocenters. The molecule has 0 spiro atoms. The minimum atomic E-state index is -3.71. The molecule has 0 aliphatic rings. The van der Waals surface area contributed by atoms with Crippen LogP contribution in [0.25, 0.3) is 0 Å². The number of hydrogen-bond acceptors (Lipinski definition) is 5. The molecule has 0 bridgehead atoms. The largest absolute Gasteiger partial charge is 0.465 e. The van der Waals surface area contributed by atoms with E-state index in [1.165, 1.54) is 24.5 Å². The van der Waals surface area contributed by atoms with E-state index in [2.05, 4.69) is 4.74 Å². The maximum atomic E-state index is 12.7. The quantitative estimate of drug-likeness (QED) is 0.777. The van der Waals surface area contributed by atoms with Gasteiger partial charge in [-0.05, 0) is 36.6 Å². The fourth-order valence-corrected chi connectivity index (χ4v) is 3.65. The number of esters is 1. The first-order chi connectivity index (χ1) is 10.0. The SMILES string of the molecule is COC(=O)c1ccc(C)c(S(=O)(=O)N(C)CC(C)(C)CN)c1.Cl. The number of methoxy groups -OCH3 is 1. The molecule has 0 atom stereocenters. The highest BCUT2D eigenvalue weighted by Crippen LogP contribution is 2.24. The zero-order chi connectivity index (χ0) is 17.1. The van der Waals surface area contributed by atoms with E-state index < -0.39 is 16.0 Å². The molecule has 6 nitrogen and oxygen atoms in total. The van der Waals surface area contributed by atoms with Crippen molar-refractivity contribution in [2.75, 3.05) is 27.2 Å². The van der Waals surface area contributed by atoms with E-state index in [1.54, 1.807) is 19.1 Å². The Morgan fingerprint density at radius 2 is 1.91 bits per heavy atom. The van der Waals surface area contributed by atoms with E-state index in [1.807, 2.05) is 13.8 Å². The lowest BCUT2D eigenvalue weighted by Crippen LogP contribution is -2.40. The Morgan fingerprint density at radius 1 is 1.35 bits per heavy atom. The summed E-state index contributed by atoms with van der Waals surface area (Å²) in [6, 6.07) is 4.49. The Labute approximate surface area is 144 Å². The predicted molar refractivity (Wildman–Crippen MR) is 92.4 cm³/mol.